The van der Waals surface area contributed by atoms with Gasteiger partial charge in [0, 0.05) is 16.6 Å². The van der Waals surface area contributed by atoms with Crippen molar-refractivity contribution in [3.63, 3.8) is 0 Å². The van der Waals surface area contributed by atoms with Crippen LogP contribution >= 0.6 is 11.6 Å². The molecular formula is C12H16ClNO. The summed E-state index contributed by atoms with van der Waals surface area (Å²) in [5.74, 6) is 0.848. The molecule has 0 saturated heterocycles. The van der Waals surface area contributed by atoms with Gasteiger partial charge in [0.05, 0.1) is 0 Å². The molecule has 0 aliphatic heterocycles. The molecule has 0 spiro atoms. The lowest BCUT2D eigenvalue weighted by atomic mass is 10.1. The fourth-order valence-electron chi connectivity index (χ4n) is 1.29. The molecule has 0 fully saturated rings. The Labute approximate surface area is 95.9 Å². The van der Waals surface area contributed by atoms with Gasteiger partial charge in [-0.05, 0) is 32.2 Å². The molecule has 1 atom stereocenters. The molecule has 1 rings (SSSR count). The molecule has 0 radical (unpaired) electrons. The normalized spacial score (nSPS) is 12.2. The van der Waals surface area contributed by atoms with E-state index in [2.05, 4.69) is 18.8 Å². The van der Waals surface area contributed by atoms with Crippen LogP contribution in [0.5, 0.6) is 5.75 Å². The summed E-state index contributed by atoms with van der Waals surface area (Å²) in [6.07, 6.45) is 1.72. The molecule has 0 aliphatic rings. The predicted molar refractivity (Wildman–Crippen MR) is 64.6 cm³/mol. The first kappa shape index (κ1) is 12.1. The highest BCUT2D eigenvalue weighted by molar-refractivity contribution is 6.30. The predicted octanol–water partition coefficient (Wildman–Crippen LogP) is 3.19. The van der Waals surface area contributed by atoms with Crippen molar-refractivity contribution in [1.29, 1.82) is 0 Å². The Morgan fingerprint density at radius 2 is 2.33 bits per heavy atom. The molecule has 2 nitrogen and oxygen atoms in total. The zero-order chi connectivity index (χ0) is 11.3. The molecule has 82 valence electrons. The number of halogens is 1. The van der Waals surface area contributed by atoms with Gasteiger partial charge in [0.25, 0.3) is 0 Å². The van der Waals surface area contributed by atoms with Crippen molar-refractivity contribution in [1.82, 2.24) is 5.32 Å². The molecule has 0 aliphatic carbocycles. The van der Waals surface area contributed by atoms with Crippen molar-refractivity contribution in [3.05, 3.63) is 41.4 Å². The van der Waals surface area contributed by atoms with E-state index in [0.29, 0.717) is 6.61 Å². The lowest BCUT2D eigenvalue weighted by Gasteiger charge is -2.16. The average molecular weight is 226 g/mol. The molecule has 0 bridgehead atoms. The molecule has 0 amide bonds. The number of hydrogen-bond donors (Lipinski definition) is 1. The van der Waals surface area contributed by atoms with E-state index in [9.17, 15) is 0 Å². The second-order valence-electron chi connectivity index (χ2n) is 3.29. The van der Waals surface area contributed by atoms with Gasteiger partial charge < -0.3 is 10.1 Å². The summed E-state index contributed by atoms with van der Waals surface area (Å²) in [7, 11) is 1.91. The van der Waals surface area contributed by atoms with Gasteiger partial charge in [-0.2, -0.15) is 0 Å². The summed E-state index contributed by atoms with van der Waals surface area (Å²) in [5, 5.41) is 3.88. The van der Waals surface area contributed by atoms with Gasteiger partial charge in [0.1, 0.15) is 12.4 Å². The van der Waals surface area contributed by atoms with Crippen LogP contribution in [0, 0.1) is 0 Å². The number of benzene rings is 1. The van der Waals surface area contributed by atoms with Gasteiger partial charge >= 0.3 is 0 Å². The number of nitrogens with one attached hydrogen (secondary N) is 1. The third-order valence-electron chi connectivity index (χ3n) is 2.23. The second kappa shape index (κ2) is 5.79. The highest BCUT2D eigenvalue weighted by atomic mass is 35.5. The van der Waals surface area contributed by atoms with Crippen LogP contribution in [0.3, 0.4) is 0 Å². The summed E-state index contributed by atoms with van der Waals surface area (Å²) in [5.41, 5.74) is 1.06. The van der Waals surface area contributed by atoms with E-state index in [1.54, 1.807) is 6.08 Å². The third kappa shape index (κ3) is 3.26. The zero-order valence-electron chi connectivity index (χ0n) is 9.09. The number of rotatable bonds is 5. The Hall–Kier alpha value is -0.990. The smallest absolute Gasteiger partial charge is 0.124 e. The number of ether oxygens (including phenoxy) is 1. The van der Waals surface area contributed by atoms with E-state index in [-0.39, 0.29) is 6.04 Å². The van der Waals surface area contributed by atoms with Gasteiger partial charge in [0.2, 0.25) is 0 Å². The third-order valence-corrected chi connectivity index (χ3v) is 2.46. The fraction of sp³-hybridized carbons (Fsp3) is 0.333. The standard InChI is InChI=1S/C12H16ClNO/c1-4-7-15-12-6-5-10(13)8-11(12)9(2)14-3/h4-6,8-9,14H,1,7H2,2-3H3. The summed E-state index contributed by atoms with van der Waals surface area (Å²) >= 11 is 5.95. The molecule has 0 heterocycles. The molecule has 3 heteroatoms. The van der Waals surface area contributed by atoms with E-state index in [4.69, 9.17) is 16.3 Å². The Morgan fingerprint density at radius 1 is 1.60 bits per heavy atom. The maximum Gasteiger partial charge on any atom is 0.124 e. The molecule has 1 N–H and O–H groups in total. The van der Waals surface area contributed by atoms with Crippen molar-refractivity contribution < 1.29 is 4.74 Å². The van der Waals surface area contributed by atoms with E-state index >= 15 is 0 Å². The Morgan fingerprint density at radius 3 is 2.93 bits per heavy atom. The van der Waals surface area contributed by atoms with Crippen LogP contribution < -0.4 is 10.1 Å². The van der Waals surface area contributed by atoms with E-state index in [1.807, 2.05) is 25.2 Å². The second-order valence-corrected chi connectivity index (χ2v) is 3.73. The van der Waals surface area contributed by atoms with Crippen molar-refractivity contribution >= 4 is 11.6 Å². The molecule has 1 aromatic carbocycles. The maximum atomic E-state index is 5.95. The lowest BCUT2D eigenvalue weighted by molar-refractivity contribution is 0.355. The van der Waals surface area contributed by atoms with Crippen LogP contribution in [-0.2, 0) is 0 Å². The van der Waals surface area contributed by atoms with Crippen molar-refractivity contribution in [3.8, 4) is 5.75 Å². The fourth-order valence-corrected chi connectivity index (χ4v) is 1.47. The maximum absolute atomic E-state index is 5.95. The van der Waals surface area contributed by atoms with Crippen LogP contribution in [0.15, 0.2) is 30.9 Å². The minimum atomic E-state index is 0.212. The molecular weight excluding hydrogens is 210 g/mol. The monoisotopic (exact) mass is 225 g/mol. The van der Waals surface area contributed by atoms with Crippen molar-refractivity contribution in [2.45, 2.75) is 13.0 Å². The minimum Gasteiger partial charge on any atom is -0.489 e. The van der Waals surface area contributed by atoms with Gasteiger partial charge in [-0.1, -0.05) is 24.3 Å². The average Bonchev–Trinajstić information content (AvgIpc) is 2.26. The van der Waals surface area contributed by atoms with Crippen molar-refractivity contribution in [2.24, 2.45) is 0 Å². The van der Waals surface area contributed by atoms with Gasteiger partial charge in [-0.3, -0.25) is 0 Å². The van der Waals surface area contributed by atoms with Crippen LogP contribution in [0.4, 0.5) is 0 Å². The molecule has 1 unspecified atom stereocenters. The molecule has 0 aromatic heterocycles. The summed E-state index contributed by atoms with van der Waals surface area (Å²) in [6, 6.07) is 5.84. The van der Waals surface area contributed by atoms with E-state index in [1.165, 1.54) is 0 Å². The minimum absolute atomic E-state index is 0.212. The van der Waals surface area contributed by atoms with Gasteiger partial charge in [-0.25, -0.2) is 0 Å². The molecule has 15 heavy (non-hydrogen) atoms. The largest absolute Gasteiger partial charge is 0.489 e. The first-order chi connectivity index (χ1) is 7.19. The Bertz CT molecular complexity index is 338. The van der Waals surface area contributed by atoms with Crippen LogP contribution in [0.25, 0.3) is 0 Å². The Kier molecular flexibility index (Phi) is 4.66. The SMILES string of the molecule is C=CCOc1ccc(Cl)cc1C(C)NC. The first-order valence-electron chi connectivity index (χ1n) is 4.89. The lowest BCUT2D eigenvalue weighted by Crippen LogP contribution is -2.13. The summed E-state index contributed by atoms with van der Waals surface area (Å²) in [4.78, 5) is 0. The highest BCUT2D eigenvalue weighted by Gasteiger charge is 2.10. The Balaban J connectivity index is 2.97. The molecule has 1 aromatic rings. The van der Waals surface area contributed by atoms with Gasteiger partial charge in [-0.15, -0.1) is 0 Å². The van der Waals surface area contributed by atoms with Crippen LogP contribution in [-0.4, -0.2) is 13.7 Å². The van der Waals surface area contributed by atoms with E-state index < -0.39 is 0 Å². The number of hydrogen-bond acceptors (Lipinski definition) is 2. The topological polar surface area (TPSA) is 21.3 Å². The zero-order valence-corrected chi connectivity index (χ0v) is 9.84. The van der Waals surface area contributed by atoms with Crippen molar-refractivity contribution in [2.75, 3.05) is 13.7 Å². The molecule has 0 saturated carbocycles. The highest BCUT2D eigenvalue weighted by Crippen LogP contribution is 2.28. The van der Waals surface area contributed by atoms with Crippen LogP contribution in [0.1, 0.15) is 18.5 Å². The summed E-state index contributed by atoms with van der Waals surface area (Å²) in [6.45, 7) is 6.19. The first-order valence-corrected chi connectivity index (χ1v) is 5.27. The van der Waals surface area contributed by atoms with E-state index in [0.717, 1.165) is 16.3 Å². The van der Waals surface area contributed by atoms with Crippen LogP contribution in [0.2, 0.25) is 5.02 Å². The van der Waals surface area contributed by atoms with Gasteiger partial charge in [0.15, 0.2) is 0 Å². The quantitative estimate of drug-likeness (QED) is 0.778. The summed E-state index contributed by atoms with van der Waals surface area (Å²) < 4.78 is 5.55.